The van der Waals surface area contributed by atoms with Crippen LogP contribution in [0.2, 0.25) is 0 Å². The molecule has 1 heterocycles. The Hall–Kier alpha value is -3.77. The van der Waals surface area contributed by atoms with Crippen LogP contribution in [0.3, 0.4) is 0 Å². The molecule has 6 nitrogen and oxygen atoms in total. The minimum Gasteiger partial charge on any atom is -0.489 e. The third-order valence-corrected chi connectivity index (χ3v) is 4.07. The molecule has 0 fully saturated rings. The highest BCUT2D eigenvalue weighted by molar-refractivity contribution is 6.13. The molecule has 6 heteroatoms. The van der Waals surface area contributed by atoms with Crippen molar-refractivity contribution in [3.8, 4) is 5.75 Å². The zero-order valence-electron chi connectivity index (χ0n) is 16.9. The summed E-state index contributed by atoms with van der Waals surface area (Å²) in [7, 11) is 1.74. The highest BCUT2D eigenvalue weighted by atomic mass is 16.5. The number of pyridine rings is 1. The lowest BCUT2D eigenvalue weighted by atomic mass is 10.0. The van der Waals surface area contributed by atoms with Gasteiger partial charge in [0, 0.05) is 30.1 Å². The number of rotatable bonds is 8. The lowest BCUT2D eigenvalue weighted by Crippen LogP contribution is -2.22. The Morgan fingerprint density at radius 1 is 1.07 bits per heavy atom. The van der Waals surface area contributed by atoms with Crippen LogP contribution < -0.4 is 15.8 Å². The molecule has 0 saturated heterocycles. The molecule has 0 unspecified atom stereocenters. The molecule has 0 amide bonds. The molecular formula is C24H26N4O2. The van der Waals surface area contributed by atoms with Gasteiger partial charge in [0.2, 0.25) is 0 Å². The molecule has 1 aromatic heterocycles. The number of carbonyl (C=O) groups is 1. The van der Waals surface area contributed by atoms with Gasteiger partial charge in [-0.25, -0.2) is 0 Å². The van der Waals surface area contributed by atoms with Crippen molar-refractivity contribution in [3.63, 3.8) is 0 Å². The first-order valence-electron chi connectivity index (χ1n) is 9.45. The summed E-state index contributed by atoms with van der Waals surface area (Å²) < 4.78 is 5.78. The minimum absolute atomic E-state index is 0.0601. The van der Waals surface area contributed by atoms with Gasteiger partial charge in [0.25, 0.3) is 0 Å². The number of allylic oxidation sites excluding steroid dienone is 1. The summed E-state index contributed by atoms with van der Waals surface area (Å²) in [6.45, 7) is 0.797. The largest absolute Gasteiger partial charge is 0.489 e. The number of likely N-dealkylation sites (N-methyl/N-ethyl adjacent to an activating group) is 1. The molecule has 2 aromatic carbocycles. The van der Waals surface area contributed by atoms with E-state index in [9.17, 15) is 4.79 Å². The number of ether oxygens (including phenoxy) is 1. The van der Waals surface area contributed by atoms with Crippen LogP contribution >= 0.6 is 0 Å². The maximum Gasteiger partial charge on any atom is 0.166 e. The summed E-state index contributed by atoms with van der Waals surface area (Å²) in [6.07, 6.45) is 4.07. The lowest BCUT2D eigenvalue weighted by molar-refractivity contribution is -0.105. The molecule has 154 valence electrons. The third-order valence-electron chi connectivity index (χ3n) is 4.07. The van der Waals surface area contributed by atoms with Crippen LogP contribution in [0.1, 0.15) is 11.1 Å². The zero-order valence-corrected chi connectivity index (χ0v) is 16.9. The van der Waals surface area contributed by atoms with Crippen LogP contribution in [-0.2, 0) is 11.4 Å². The van der Waals surface area contributed by atoms with Gasteiger partial charge in [-0.15, -0.1) is 0 Å². The lowest BCUT2D eigenvalue weighted by Gasteiger charge is -2.12. The summed E-state index contributed by atoms with van der Waals surface area (Å²) in [4.78, 5) is 14.7. The van der Waals surface area contributed by atoms with Gasteiger partial charge in [0.05, 0.1) is 11.4 Å². The van der Waals surface area contributed by atoms with Crippen molar-refractivity contribution in [2.24, 2.45) is 5.73 Å². The molecule has 0 spiro atoms. The molecular weight excluding hydrogens is 376 g/mol. The molecule has 0 atom stereocenters. The predicted molar refractivity (Wildman–Crippen MR) is 119 cm³/mol. The van der Waals surface area contributed by atoms with Crippen LogP contribution in [0.25, 0.3) is 0 Å². The fourth-order valence-corrected chi connectivity index (χ4v) is 2.55. The Morgan fingerprint density at radius 2 is 1.77 bits per heavy atom. The Balaban J connectivity index is 0.000000456. The average molecular weight is 402 g/mol. The number of carbonyl (C=O) groups excluding carboxylic acids is 1. The maximum absolute atomic E-state index is 11.0. The highest BCUT2D eigenvalue weighted by Crippen LogP contribution is 2.18. The Kier molecular flexibility index (Phi) is 9.49. The summed E-state index contributed by atoms with van der Waals surface area (Å²) in [5.41, 5.74) is 8.16. The third kappa shape index (κ3) is 7.33. The zero-order chi connectivity index (χ0) is 21.6. The normalized spacial score (nSPS) is 10.8. The van der Waals surface area contributed by atoms with Gasteiger partial charge in [-0.2, -0.15) is 0 Å². The van der Waals surface area contributed by atoms with Crippen LogP contribution in [0.5, 0.6) is 5.75 Å². The van der Waals surface area contributed by atoms with Crippen molar-refractivity contribution < 1.29 is 9.53 Å². The first-order valence-corrected chi connectivity index (χ1v) is 9.45. The van der Waals surface area contributed by atoms with Gasteiger partial charge in [0.1, 0.15) is 12.4 Å². The van der Waals surface area contributed by atoms with Crippen LogP contribution in [0.4, 0.5) is 0 Å². The minimum atomic E-state index is 0.0601. The molecule has 3 rings (SSSR count). The van der Waals surface area contributed by atoms with E-state index in [1.54, 1.807) is 31.6 Å². The van der Waals surface area contributed by atoms with Crippen molar-refractivity contribution >= 4 is 12.0 Å². The first kappa shape index (κ1) is 22.5. The van der Waals surface area contributed by atoms with E-state index >= 15 is 0 Å². The topological polar surface area (TPSA) is 101 Å². The molecule has 0 radical (unpaired) electrons. The van der Waals surface area contributed by atoms with E-state index in [-0.39, 0.29) is 11.4 Å². The van der Waals surface area contributed by atoms with Crippen molar-refractivity contribution in [2.75, 3.05) is 13.6 Å². The second kappa shape index (κ2) is 12.6. The molecule has 30 heavy (non-hydrogen) atoms. The number of aldehydes is 1. The number of nitrogens with zero attached hydrogens (tertiary/aromatic N) is 1. The van der Waals surface area contributed by atoms with E-state index in [1.165, 1.54) is 0 Å². The van der Waals surface area contributed by atoms with E-state index in [1.807, 2.05) is 60.7 Å². The number of aromatic nitrogens is 1. The summed E-state index contributed by atoms with van der Waals surface area (Å²) in [6, 6.07) is 22.8. The Morgan fingerprint density at radius 3 is 2.33 bits per heavy atom. The van der Waals surface area contributed by atoms with Gasteiger partial charge in [0.15, 0.2) is 6.29 Å². The summed E-state index contributed by atoms with van der Waals surface area (Å²) in [5.74, 6) is 0.662. The Bertz CT molecular complexity index is 931. The molecule has 0 saturated carbocycles. The molecule has 0 bridgehead atoms. The average Bonchev–Trinajstić information content (AvgIpc) is 2.82. The number of hydrogen-bond donors (Lipinski definition) is 3. The quantitative estimate of drug-likeness (QED) is 0.305. The Labute approximate surface area is 176 Å². The predicted octanol–water partition coefficient (Wildman–Crippen LogP) is 3.35. The van der Waals surface area contributed by atoms with Crippen LogP contribution in [0.15, 0.2) is 96.5 Å². The van der Waals surface area contributed by atoms with E-state index in [4.69, 9.17) is 15.9 Å². The van der Waals surface area contributed by atoms with Gasteiger partial charge in [-0.1, -0.05) is 48.5 Å². The smallest absolute Gasteiger partial charge is 0.166 e. The van der Waals surface area contributed by atoms with Crippen molar-refractivity contribution in [1.82, 2.24) is 10.3 Å². The van der Waals surface area contributed by atoms with Crippen molar-refractivity contribution in [1.29, 1.82) is 5.41 Å². The summed E-state index contributed by atoms with van der Waals surface area (Å²) >= 11 is 0. The van der Waals surface area contributed by atoms with E-state index in [0.717, 1.165) is 5.56 Å². The van der Waals surface area contributed by atoms with Crippen molar-refractivity contribution in [2.45, 2.75) is 6.61 Å². The number of nitrogens with one attached hydrogen (secondary N) is 2. The van der Waals surface area contributed by atoms with E-state index in [2.05, 4.69) is 10.3 Å². The van der Waals surface area contributed by atoms with E-state index in [0.29, 0.717) is 36.3 Å². The number of nitrogens with two attached hydrogens (primary N) is 1. The molecule has 0 aliphatic carbocycles. The summed E-state index contributed by atoms with van der Waals surface area (Å²) in [5, 5.41) is 11.3. The van der Waals surface area contributed by atoms with E-state index < -0.39 is 0 Å². The maximum atomic E-state index is 11.0. The molecule has 4 N–H and O–H groups in total. The van der Waals surface area contributed by atoms with Gasteiger partial charge in [-0.05, 0) is 36.9 Å². The fraction of sp³-hybridized carbons (Fsp3) is 0.125. The van der Waals surface area contributed by atoms with Crippen LogP contribution in [0, 0.1) is 5.41 Å². The van der Waals surface area contributed by atoms with Gasteiger partial charge in [-0.3, -0.25) is 15.2 Å². The highest BCUT2D eigenvalue weighted by Gasteiger charge is 2.12. The number of hydrogen-bond acceptors (Lipinski definition) is 6. The standard InChI is InChI=1S/C19H21N3O2.C5H5N/c1-22-11-17(18(20)12-23)19(21)15-8-5-9-16(10-15)24-13-14-6-3-2-4-7-14;1-2-4-6-5-3-1/h2-10,12,21-22H,11,13,20H2,1H3;1-5H/b18-17-,21-19?;. The second-order valence-corrected chi connectivity index (χ2v) is 6.28. The van der Waals surface area contributed by atoms with Crippen LogP contribution in [-0.4, -0.2) is 30.6 Å². The first-order chi connectivity index (χ1) is 14.7. The van der Waals surface area contributed by atoms with Gasteiger partial charge < -0.3 is 15.8 Å². The number of benzene rings is 2. The molecule has 0 aliphatic rings. The van der Waals surface area contributed by atoms with Gasteiger partial charge >= 0.3 is 0 Å². The fourth-order valence-electron chi connectivity index (χ4n) is 2.55. The molecule has 3 aromatic rings. The monoisotopic (exact) mass is 402 g/mol. The SMILES string of the molecule is CNC/C(C(=N)c1cccc(OCc2ccccc2)c1)=C(/N)C=O.c1ccncc1. The van der Waals surface area contributed by atoms with Crippen molar-refractivity contribution in [3.05, 3.63) is 108 Å². The molecule has 0 aliphatic heterocycles. The second-order valence-electron chi connectivity index (χ2n) is 6.28.